The third kappa shape index (κ3) is 4.10. The number of hydrogen-bond acceptors (Lipinski definition) is 4. The van der Waals surface area contributed by atoms with E-state index in [1.807, 2.05) is 0 Å². The zero-order chi connectivity index (χ0) is 20.4. The van der Waals surface area contributed by atoms with Gasteiger partial charge in [-0.2, -0.15) is 0 Å². The number of esters is 1. The second-order valence-corrected chi connectivity index (χ2v) is 9.66. The summed E-state index contributed by atoms with van der Waals surface area (Å²) in [6.07, 6.45) is 13.5. The fourth-order valence-electron chi connectivity index (χ4n) is 6.49. The van der Waals surface area contributed by atoms with Crippen molar-refractivity contribution in [3.63, 3.8) is 0 Å². The van der Waals surface area contributed by atoms with Crippen molar-refractivity contribution in [2.75, 3.05) is 13.2 Å². The van der Waals surface area contributed by atoms with E-state index in [9.17, 15) is 4.79 Å². The van der Waals surface area contributed by atoms with Crippen LogP contribution in [0.5, 0.6) is 5.75 Å². The molecule has 4 heteroatoms. The molecule has 0 aliphatic heterocycles. The van der Waals surface area contributed by atoms with Gasteiger partial charge in [-0.25, -0.2) is 4.79 Å². The fourth-order valence-corrected chi connectivity index (χ4v) is 6.49. The molecular formula is C26H31NO3. The lowest BCUT2D eigenvalue weighted by molar-refractivity contribution is -0.00521. The Labute approximate surface area is 179 Å². The predicted octanol–water partition coefficient (Wildman–Crippen LogP) is 5.57. The topological polar surface area (TPSA) is 48.4 Å². The Morgan fingerprint density at radius 1 is 0.933 bits per heavy atom. The third-order valence-corrected chi connectivity index (χ3v) is 7.44. The van der Waals surface area contributed by atoms with Gasteiger partial charge in [0.15, 0.2) is 0 Å². The number of carbonyl (C=O) groups excluding carboxylic acids is 1. The first-order valence-electron chi connectivity index (χ1n) is 11.5. The van der Waals surface area contributed by atoms with E-state index in [0.717, 1.165) is 36.3 Å². The van der Waals surface area contributed by atoms with Gasteiger partial charge >= 0.3 is 5.97 Å². The standard InChI is InChI=1S/C26H31NO3/c28-25(22-4-3-9-27-18-22)30-11-2-1-10-29-24-7-5-23(6-8-24)26-15-19-12-20(16-26)14-21(13-19)17-26/h3-9,18-21H,1-2,10-17H2. The van der Waals surface area contributed by atoms with Gasteiger partial charge < -0.3 is 9.47 Å². The van der Waals surface area contributed by atoms with E-state index in [-0.39, 0.29) is 5.97 Å². The molecule has 4 aliphatic carbocycles. The minimum absolute atomic E-state index is 0.315. The molecule has 1 aromatic carbocycles. The average Bonchev–Trinajstić information content (AvgIpc) is 2.76. The minimum Gasteiger partial charge on any atom is -0.494 e. The molecule has 158 valence electrons. The van der Waals surface area contributed by atoms with Gasteiger partial charge in [0, 0.05) is 12.4 Å². The summed E-state index contributed by atoms with van der Waals surface area (Å²) in [6, 6.07) is 12.4. The number of aromatic nitrogens is 1. The second-order valence-electron chi connectivity index (χ2n) is 9.66. The van der Waals surface area contributed by atoms with E-state index >= 15 is 0 Å². The minimum atomic E-state index is -0.315. The van der Waals surface area contributed by atoms with Crippen LogP contribution in [0.4, 0.5) is 0 Å². The molecular weight excluding hydrogens is 374 g/mol. The van der Waals surface area contributed by atoms with Crippen LogP contribution in [-0.2, 0) is 10.2 Å². The number of ether oxygens (including phenoxy) is 2. The molecule has 0 radical (unpaired) electrons. The van der Waals surface area contributed by atoms with Crippen LogP contribution in [0.1, 0.15) is 67.3 Å². The summed E-state index contributed by atoms with van der Waals surface area (Å²) in [5.41, 5.74) is 2.48. The zero-order valence-corrected chi connectivity index (χ0v) is 17.6. The van der Waals surface area contributed by atoms with Crippen molar-refractivity contribution in [3.05, 3.63) is 59.9 Å². The van der Waals surface area contributed by atoms with E-state index in [1.165, 1.54) is 50.3 Å². The Morgan fingerprint density at radius 3 is 2.23 bits per heavy atom. The summed E-state index contributed by atoms with van der Waals surface area (Å²) in [5, 5.41) is 0. The van der Waals surface area contributed by atoms with Crippen molar-refractivity contribution in [2.45, 2.75) is 56.8 Å². The molecule has 1 aromatic heterocycles. The molecule has 4 fully saturated rings. The molecule has 4 bridgehead atoms. The molecule has 1 heterocycles. The summed E-state index contributed by atoms with van der Waals surface area (Å²) < 4.78 is 11.2. The molecule has 4 saturated carbocycles. The van der Waals surface area contributed by atoms with E-state index in [1.54, 1.807) is 18.3 Å². The summed E-state index contributed by atoms with van der Waals surface area (Å²) in [5.74, 6) is 3.54. The van der Waals surface area contributed by atoms with Crippen LogP contribution in [0.2, 0.25) is 0 Å². The van der Waals surface area contributed by atoms with Gasteiger partial charge in [-0.05, 0) is 104 Å². The Balaban J connectivity index is 1.06. The third-order valence-electron chi connectivity index (χ3n) is 7.44. The van der Waals surface area contributed by atoms with E-state index in [0.29, 0.717) is 24.2 Å². The van der Waals surface area contributed by atoms with Gasteiger partial charge in [0.1, 0.15) is 5.75 Å². The lowest BCUT2D eigenvalue weighted by Gasteiger charge is -2.57. The lowest BCUT2D eigenvalue weighted by Crippen LogP contribution is -2.48. The molecule has 6 rings (SSSR count). The van der Waals surface area contributed by atoms with E-state index in [2.05, 4.69) is 29.2 Å². The highest BCUT2D eigenvalue weighted by atomic mass is 16.5. The Hall–Kier alpha value is -2.36. The van der Waals surface area contributed by atoms with Crippen molar-refractivity contribution in [3.8, 4) is 5.75 Å². The molecule has 30 heavy (non-hydrogen) atoms. The SMILES string of the molecule is O=C(OCCCCOc1ccc(C23CC4CC(CC(C4)C2)C3)cc1)c1cccnc1. The Morgan fingerprint density at radius 2 is 1.60 bits per heavy atom. The molecule has 0 atom stereocenters. The number of pyridine rings is 1. The maximum atomic E-state index is 11.9. The normalized spacial score (nSPS) is 29.0. The number of rotatable bonds is 8. The van der Waals surface area contributed by atoms with Gasteiger partial charge in [0.05, 0.1) is 18.8 Å². The van der Waals surface area contributed by atoms with Crippen LogP contribution in [0.3, 0.4) is 0 Å². The van der Waals surface area contributed by atoms with Gasteiger partial charge in [-0.3, -0.25) is 4.98 Å². The molecule has 0 unspecified atom stereocenters. The summed E-state index contributed by atoms with van der Waals surface area (Å²) in [6.45, 7) is 1.04. The molecule has 0 saturated heterocycles. The maximum Gasteiger partial charge on any atom is 0.339 e. The van der Waals surface area contributed by atoms with Crippen LogP contribution in [0.15, 0.2) is 48.8 Å². The van der Waals surface area contributed by atoms with Gasteiger partial charge in [0.2, 0.25) is 0 Å². The zero-order valence-electron chi connectivity index (χ0n) is 17.6. The summed E-state index contributed by atoms with van der Waals surface area (Å²) in [4.78, 5) is 15.8. The maximum absolute atomic E-state index is 11.9. The molecule has 4 aliphatic rings. The Bertz CT molecular complexity index is 826. The highest BCUT2D eigenvalue weighted by molar-refractivity contribution is 5.88. The first-order chi connectivity index (χ1) is 14.7. The van der Waals surface area contributed by atoms with Gasteiger partial charge in [0.25, 0.3) is 0 Å². The number of nitrogens with zero attached hydrogens (tertiary/aromatic N) is 1. The van der Waals surface area contributed by atoms with Crippen molar-refractivity contribution in [1.82, 2.24) is 4.98 Å². The average molecular weight is 406 g/mol. The molecule has 2 aromatic rings. The van der Waals surface area contributed by atoms with Crippen LogP contribution in [0.25, 0.3) is 0 Å². The Kier molecular flexibility index (Phi) is 5.49. The number of hydrogen-bond donors (Lipinski definition) is 0. The van der Waals surface area contributed by atoms with Crippen LogP contribution >= 0.6 is 0 Å². The van der Waals surface area contributed by atoms with Gasteiger partial charge in [-0.1, -0.05) is 12.1 Å². The molecule has 4 nitrogen and oxygen atoms in total. The van der Waals surface area contributed by atoms with Crippen LogP contribution in [0, 0.1) is 17.8 Å². The number of unbranched alkanes of at least 4 members (excludes halogenated alkanes) is 1. The highest BCUT2D eigenvalue weighted by Crippen LogP contribution is 2.60. The molecule has 0 amide bonds. The van der Waals surface area contributed by atoms with Crippen molar-refractivity contribution in [1.29, 1.82) is 0 Å². The fraction of sp³-hybridized carbons (Fsp3) is 0.538. The summed E-state index contributed by atoms with van der Waals surface area (Å²) >= 11 is 0. The first-order valence-corrected chi connectivity index (χ1v) is 11.5. The van der Waals surface area contributed by atoms with Crippen LogP contribution in [-0.4, -0.2) is 24.2 Å². The number of carbonyl (C=O) groups is 1. The summed E-state index contributed by atoms with van der Waals surface area (Å²) in [7, 11) is 0. The van der Waals surface area contributed by atoms with Crippen molar-refractivity contribution < 1.29 is 14.3 Å². The van der Waals surface area contributed by atoms with E-state index in [4.69, 9.17) is 9.47 Å². The van der Waals surface area contributed by atoms with Gasteiger partial charge in [-0.15, -0.1) is 0 Å². The lowest BCUT2D eigenvalue weighted by atomic mass is 9.48. The smallest absolute Gasteiger partial charge is 0.339 e. The second kappa shape index (κ2) is 8.41. The quantitative estimate of drug-likeness (QED) is 0.426. The van der Waals surface area contributed by atoms with Crippen molar-refractivity contribution >= 4 is 5.97 Å². The highest BCUT2D eigenvalue weighted by Gasteiger charge is 2.51. The first kappa shape index (κ1) is 19.6. The van der Waals surface area contributed by atoms with Crippen LogP contribution < -0.4 is 4.74 Å². The largest absolute Gasteiger partial charge is 0.494 e. The molecule has 0 spiro atoms. The van der Waals surface area contributed by atoms with Crippen molar-refractivity contribution in [2.24, 2.45) is 17.8 Å². The van der Waals surface area contributed by atoms with E-state index < -0.39 is 0 Å². The number of benzene rings is 1. The predicted molar refractivity (Wildman–Crippen MR) is 116 cm³/mol. The molecule has 0 N–H and O–H groups in total. The monoisotopic (exact) mass is 405 g/mol.